The molecule has 3 nitrogen and oxygen atoms in total. The number of nitrogens with zero attached hydrogens (tertiary/aromatic N) is 1. The molecule has 0 amide bonds. The molecule has 2 fully saturated rings. The standard InChI is InChI=1S/C16H21NO2/c1-11(17-18)15-4-2-3-5-16(15)19-10-14-9-12-6-7-13(14)8-12/h2-5,12-14,18H,6-10H2,1H3. The molecule has 1 aromatic carbocycles. The Bertz CT molecular complexity index is 483. The molecule has 102 valence electrons. The molecule has 3 unspecified atom stereocenters. The molecule has 0 aliphatic heterocycles. The summed E-state index contributed by atoms with van der Waals surface area (Å²) in [7, 11) is 0. The van der Waals surface area contributed by atoms with Crippen molar-refractivity contribution in [2.24, 2.45) is 22.9 Å². The highest BCUT2D eigenvalue weighted by Gasteiger charge is 2.39. The van der Waals surface area contributed by atoms with Crippen molar-refractivity contribution in [3.05, 3.63) is 29.8 Å². The maximum atomic E-state index is 8.91. The zero-order valence-corrected chi connectivity index (χ0v) is 11.4. The van der Waals surface area contributed by atoms with Crippen LogP contribution < -0.4 is 4.74 Å². The number of oxime groups is 1. The fraction of sp³-hybridized carbons (Fsp3) is 0.562. The van der Waals surface area contributed by atoms with E-state index in [1.165, 1.54) is 25.7 Å². The highest BCUT2D eigenvalue weighted by atomic mass is 16.5. The van der Waals surface area contributed by atoms with E-state index in [0.717, 1.165) is 35.7 Å². The van der Waals surface area contributed by atoms with E-state index in [2.05, 4.69) is 5.16 Å². The van der Waals surface area contributed by atoms with E-state index in [4.69, 9.17) is 9.94 Å². The highest BCUT2D eigenvalue weighted by Crippen LogP contribution is 2.48. The van der Waals surface area contributed by atoms with Crippen molar-refractivity contribution < 1.29 is 9.94 Å². The van der Waals surface area contributed by atoms with Crippen LogP contribution >= 0.6 is 0 Å². The average molecular weight is 259 g/mol. The summed E-state index contributed by atoms with van der Waals surface area (Å²) < 4.78 is 6.00. The predicted octanol–water partition coefficient (Wildman–Crippen LogP) is 3.70. The second-order valence-electron chi connectivity index (χ2n) is 5.93. The van der Waals surface area contributed by atoms with Crippen LogP contribution in [0, 0.1) is 17.8 Å². The summed E-state index contributed by atoms with van der Waals surface area (Å²) in [6.45, 7) is 2.59. The highest BCUT2D eigenvalue weighted by molar-refractivity contribution is 6.00. The van der Waals surface area contributed by atoms with Gasteiger partial charge < -0.3 is 9.94 Å². The molecule has 0 heterocycles. The van der Waals surface area contributed by atoms with Gasteiger partial charge in [0.1, 0.15) is 5.75 Å². The molecule has 19 heavy (non-hydrogen) atoms. The number of fused-ring (bicyclic) bond motifs is 2. The molecule has 0 saturated heterocycles. The van der Waals surface area contributed by atoms with Gasteiger partial charge in [0.2, 0.25) is 0 Å². The summed E-state index contributed by atoms with van der Waals surface area (Å²) in [5, 5.41) is 12.2. The summed E-state index contributed by atoms with van der Waals surface area (Å²) in [5.74, 6) is 3.39. The molecule has 0 spiro atoms. The van der Waals surface area contributed by atoms with Crippen LogP contribution in [0.1, 0.15) is 38.2 Å². The zero-order chi connectivity index (χ0) is 13.2. The third-order valence-electron chi connectivity index (χ3n) is 4.76. The van der Waals surface area contributed by atoms with Gasteiger partial charge in [0.15, 0.2) is 0 Å². The van der Waals surface area contributed by atoms with Crippen molar-refractivity contribution in [3.63, 3.8) is 0 Å². The van der Waals surface area contributed by atoms with Crippen molar-refractivity contribution in [1.29, 1.82) is 0 Å². The zero-order valence-electron chi connectivity index (χ0n) is 11.4. The second-order valence-corrected chi connectivity index (χ2v) is 5.93. The second kappa shape index (κ2) is 5.24. The monoisotopic (exact) mass is 259 g/mol. The third kappa shape index (κ3) is 2.46. The Morgan fingerprint density at radius 2 is 2.16 bits per heavy atom. The number of hydrogen-bond acceptors (Lipinski definition) is 3. The molecule has 2 aliphatic carbocycles. The fourth-order valence-electron chi connectivity index (χ4n) is 3.72. The number of hydrogen-bond donors (Lipinski definition) is 1. The van der Waals surface area contributed by atoms with Crippen molar-refractivity contribution >= 4 is 5.71 Å². The van der Waals surface area contributed by atoms with E-state index in [1.54, 1.807) is 6.92 Å². The maximum Gasteiger partial charge on any atom is 0.128 e. The van der Waals surface area contributed by atoms with Gasteiger partial charge in [0, 0.05) is 5.56 Å². The van der Waals surface area contributed by atoms with Crippen LogP contribution in [-0.4, -0.2) is 17.5 Å². The molecular weight excluding hydrogens is 238 g/mol. The molecule has 2 saturated carbocycles. The van der Waals surface area contributed by atoms with Crippen LogP contribution in [0.4, 0.5) is 0 Å². The van der Waals surface area contributed by atoms with E-state index < -0.39 is 0 Å². The van der Waals surface area contributed by atoms with Gasteiger partial charge in [-0.3, -0.25) is 0 Å². The Morgan fingerprint density at radius 3 is 2.84 bits per heavy atom. The third-order valence-corrected chi connectivity index (χ3v) is 4.76. The fourth-order valence-corrected chi connectivity index (χ4v) is 3.72. The first-order valence-electron chi connectivity index (χ1n) is 7.18. The van der Waals surface area contributed by atoms with Crippen LogP contribution in [0.25, 0.3) is 0 Å². The van der Waals surface area contributed by atoms with Crippen LogP contribution in [-0.2, 0) is 0 Å². The molecule has 3 atom stereocenters. The van der Waals surface area contributed by atoms with E-state index >= 15 is 0 Å². The van der Waals surface area contributed by atoms with Crippen LogP contribution in [0.15, 0.2) is 29.4 Å². The van der Waals surface area contributed by atoms with Crippen molar-refractivity contribution in [3.8, 4) is 5.75 Å². The van der Waals surface area contributed by atoms with Gasteiger partial charge in [-0.15, -0.1) is 0 Å². The number of ether oxygens (including phenoxy) is 1. The van der Waals surface area contributed by atoms with Crippen LogP contribution in [0.3, 0.4) is 0 Å². The molecule has 1 aromatic rings. The minimum absolute atomic E-state index is 0.601. The van der Waals surface area contributed by atoms with Gasteiger partial charge >= 0.3 is 0 Å². The van der Waals surface area contributed by atoms with Crippen molar-refractivity contribution in [1.82, 2.24) is 0 Å². The Labute approximate surface area is 114 Å². The topological polar surface area (TPSA) is 41.8 Å². The Hall–Kier alpha value is -1.51. The minimum Gasteiger partial charge on any atom is -0.493 e. The summed E-state index contributed by atoms with van der Waals surface area (Å²) in [6, 6.07) is 7.79. The van der Waals surface area contributed by atoms with Gasteiger partial charge in [-0.05, 0) is 56.1 Å². The number of benzene rings is 1. The lowest BCUT2D eigenvalue weighted by Crippen LogP contribution is -2.19. The van der Waals surface area contributed by atoms with Crippen molar-refractivity contribution in [2.75, 3.05) is 6.61 Å². The lowest BCUT2D eigenvalue weighted by Gasteiger charge is -2.22. The number of rotatable bonds is 4. The minimum atomic E-state index is 0.601. The molecule has 0 aromatic heterocycles. The van der Waals surface area contributed by atoms with Gasteiger partial charge in [-0.1, -0.05) is 23.7 Å². The molecule has 3 rings (SSSR count). The van der Waals surface area contributed by atoms with Gasteiger partial charge in [-0.25, -0.2) is 0 Å². The first-order valence-corrected chi connectivity index (χ1v) is 7.18. The normalized spacial score (nSPS) is 29.7. The molecule has 0 radical (unpaired) electrons. The Balaban J connectivity index is 1.67. The Morgan fingerprint density at radius 1 is 1.32 bits per heavy atom. The van der Waals surface area contributed by atoms with Gasteiger partial charge in [-0.2, -0.15) is 0 Å². The summed E-state index contributed by atoms with van der Waals surface area (Å²) in [6.07, 6.45) is 5.55. The lowest BCUT2D eigenvalue weighted by molar-refractivity contribution is 0.195. The van der Waals surface area contributed by atoms with E-state index in [-0.39, 0.29) is 0 Å². The maximum absolute atomic E-state index is 8.91. The van der Waals surface area contributed by atoms with Gasteiger partial charge in [0.25, 0.3) is 0 Å². The largest absolute Gasteiger partial charge is 0.493 e. The van der Waals surface area contributed by atoms with Crippen LogP contribution in [0.5, 0.6) is 5.75 Å². The molecular formula is C16H21NO2. The van der Waals surface area contributed by atoms with Crippen molar-refractivity contribution in [2.45, 2.75) is 32.6 Å². The number of para-hydroxylation sites is 1. The predicted molar refractivity (Wildman–Crippen MR) is 74.9 cm³/mol. The Kier molecular flexibility index (Phi) is 3.45. The smallest absolute Gasteiger partial charge is 0.128 e. The average Bonchev–Trinajstić information content (AvgIpc) is 3.07. The lowest BCUT2D eigenvalue weighted by atomic mass is 9.89. The molecule has 1 N–H and O–H groups in total. The van der Waals surface area contributed by atoms with E-state index in [9.17, 15) is 0 Å². The first kappa shape index (κ1) is 12.5. The summed E-state index contributed by atoms with van der Waals surface area (Å²) in [5.41, 5.74) is 1.48. The van der Waals surface area contributed by atoms with Gasteiger partial charge in [0.05, 0.1) is 12.3 Å². The van der Waals surface area contributed by atoms with Crippen LogP contribution in [0.2, 0.25) is 0 Å². The molecule has 3 heteroatoms. The summed E-state index contributed by atoms with van der Waals surface area (Å²) >= 11 is 0. The first-order chi connectivity index (χ1) is 9.28. The van der Waals surface area contributed by atoms with E-state index in [0.29, 0.717) is 5.71 Å². The van der Waals surface area contributed by atoms with E-state index in [1.807, 2.05) is 24.3 Å². The quantitative estimate of drug-likeness (QED) is 0.509. The molecule has 2 bridgehead atoms. The molecule has 2 aliphatic rings. The summed E-state index contributed by atoms with van der Waals surface area (Å²) in [4.78, 5) is 0. The SMILES string of the molecule is CC(=NO)c1ccccc1OCC1CC2CCC1C2.